The molecule has 5 heteroatoms. The fourth-order valence-electron chi connectivity index (χ4n) is 2.05. The Kier molecular flexibility index (Phi) is 4.77. The first-order chi connectivity index (χ1) is 9.11. The van der Waals surface area contributed by atoms with Gasteiger partial charge in [-0.15, -0.1) is 0 Å². The van der Waals surface area contributed by atoms with Crippen molar-refractivity contribution < 1.29 is 0 Å². The lowest BCUT2D eigenvalue weighted by Gasteiger charge is -2.19. The van der Waals surface area contributed by atoms with E-state index in [1.165, 1.54) is 0 Å². The van der Waals surface area contributed by atoms with Crippen molar-refractivity contribution in [1.29, 1.82) is 0 Å². The summed E-state index contributed by atoms with van der Waals surface area (Å²) in [6.07, 6.45) is 4.24. The molecule has 2 aromatic rings. The maximum absolute atomic E-state index is 6.18. The van der Waals surface area contributed by atoms with Gasteiger partial charge in [0.1, 0.15) is 0 Å². The second-order valence-electron chi connectivity index (χ2n) is 4.39. The molecule has 3 N–H and O–H groups in total. The molecule has 1 aromatic heterocycles. The molecule has 0 aliphatic carbocycles. The van der Waals surface area contributed by atoms with Gasteiger partial charge in [-0.3, -0.25) is 16.3 Å². The molecule has 19 heavy (non-hydrogen) atoms. The van der Waals surface area contributed by atoms with Gasteiger partial charge in [0, 0.05) is 22.4 Å². The zero-order chi connectivity index (χ0) is 13.8. The second kappa shape index (κ2) is 6.35. The highest BCUT2D eigenvalue weighted by molar-refractivity contribution is 6.33. The van der Waals surface area contributed by atoms with E-state index >= 15 is 0 Å². The minimum atomic E-state index is -0.0287. The molecule has 2 rings (SSSR count). The molecule has 0 aliphatic rings. The minimum Gasteiger partial charge on any atom is -0.271 e. The van der Waals surface area contributed by atoms with Crippen molar-refractivity contribution in [3.8, 4) is 0 Å². The summed E-state index contributed by atoms with van der Waals surface area (Å²) in [5, 5.41) is 1.36. The van der Waals surface area contributed by atoms with E-state index in [-0.39, 0.29) is 6.04 Å². The molecule has 0 saturated carbocycles. The molecule has 1 atom stereocenters. The van der Waals surface area contributed by atoms with Crippen LogP contribution in [0.15, 0.2) is 36.7 Å². The van der Waals surface area contributed by atoms with Gasteiger partial charge in [-0.25, -0.2) is 0 Å². The van der Waals surface area contributed by atoms with Gasteiger partial charge < -0.3 is 0 Å². The Morgan fingerprint density at radius 2 is 2.11 bits per heavy atom. The fourth-order valence-corrected chi connectivity index (χ4v) is 2.44. The Bertz CT molecular complexity index is 572. The molecule has 100 valence electrons. The van der Waals surface area contributed by atoms with Crippen LogP contribution < -0.4 is 11.3 Å². The van der Waals surface area contributed by atoms with Crippen LogP contribution in [0.1, 0.15) is 22.7 Å². The summed E-state index contributed by atoms with van der Waals surface area (Å²) in [4.78, 5) is 4.08. The van der Waals surface area contributed by atoms with Crippen LogP contribution in [-0.2, 0) is 6.42 Å². The Morgan fingerprint density at radius 3 is 2.79 bits per heavy atom. The maximum atomic E-state index is 6.18. The van der Waals surface area contributed by atoms with Gasteiger partial charge in [0.2, 0.25) is 0 Å². The van der Waals surface area contributed by atoms with Crippen molar-refractivity contribution in [2.75, 3.05) is 0 Å². The molecular formula is C14H15Cl2N3. The number of hydrogen-bond acceptors (Lipinski definition) is 3. The summed E-state index contributed by atoms with van der Waals surface area (Å²) in [5.74, 6) is 5.66. The lowest BCUT2D eigenvalue weighted by molar-refractivity contribution is 0.549. The highest BCUT2D eigenvalue weighted by Gasteiger charge is 2.14. The lowest BCUT2D eigenvalue weighted by Crippen LogP contribution is -2.30. The number of hydrazine groups is 1. The van der Waals surface area contributed by atoms with E-state index in [1.807, 2.05) is 25.3 Å². The third-order valence-electron chi connectivity index (χ3n) is 3.07. The molecule has 1 heterocycles. The van der Waals surface area contributed by atoms with Crippen molar-refractivity contribution in [3.63, 3.8) is 0 Å². The van der Waals surface area contributed by atoms with E-state index in [4.69, 9.17) is 29.0 Å². The number of rotatable bonds is 4. The highest BCUT2D eigenvalue weighted by atomic mass is 35.5. The summed E-state index contributed by atoms with van der Waals surface area (Å²) in [6.45, 7) is 2.01. The number of pyridine rings is 1. The fraction of sp³-hybridized carbons (Fsp3) is 0.214. The largest absolute Gasteiger partial charge is 0.271 e. The van der Waals surface area contributed by atoms with Gasteiger partial charge >= 0.3 is 0 Å². The van der Waals surface area contributed by atoms with Crippen LogP contribution in [0.3, 0.4) is 0 Å². The zero-order valence-electron chi connectivity index (χ0n) is 10.5. The number of nitrogens with zero attached hydrogens (tertiary/aromatic N) is 1. The van der Waals surface area contributed by atoms with Crippen LogP contribution in [0.2, 0.25) is 10.0 Å². The lowest BCUT2D eigenvalue weighted by atomic mass is 9.97. The van der Waals surface area contributed by atoms with Gasteiger partial charge in [-0.1, -0.05) is 23.2 Å². The topological polar surface area (TPSA) is 50.9 Å². The van der Waals surface area contributed by atoms with E-state index in [9.17, 15) is 0 Å². The second-order valence-corrected chi connectivity index (χ2v) is 5.24. The molecular weight excluding hydrogens is 281 g/mol. The van der Waals surface area contributed by atoms with E-state index in [0.29, 0.717) is 16.5 Å². The summed E-state index contributed by atoms with van der Waals surface area (Å²) in [5.41, 5.74) is 5.98. The molecule has 0 aliphatic heterocycles. The number of benzene rings is 1. The number of hydrogen-bond donors (Lipinski definition) is 2. The highest BCUT2D eigenvalue weighted by Crippen LogP contribution is 2.26. The average molecular weight is 296 g/mol. The molecule has 0 fully saturated rings. The molecule has 0 spiro atoms. The molecule has 0 amide bonds. The van der Waals surface area contributed by atoms with E-state index in [2.05, 4.69) is 10.4 Å². The van der Waals surface area contributed by atoms with Crippen molar-refractivity contribution in [2.45, 2.75) is 19.4 Å². The van der Waals surface area contributed by atoms with Gasteiger partial charge in [0.05, 0.1) is 6.04 Å². The summed E-state index contributed by atoms with van der Waals surface area (Å²) in [7, 11) is 0. The van der Waals surface area contributed by atoms with Crippen molar-refractivity contribution >= 4 is 23.2 Å². The Balaban J connectivity index is 2.29. The zero-order valence-corrected chi connectivity index (χ0v) is 12.0. The quantitative estimate of drug-likeness (QED) is 0.671. The molecule has 0 bridgehead atoms. The van der Waals surface area contributed by atoms with Crippen molar-refractivity contribution in [2.24, 2.45) is 5.84 Å². The smallest absolute Gasteiger partial charge is 0.0504 e. The molecule has 1 aromatic carbocycles. The number of nitrogens with two attached hydrogens (primary N) is 1. The third kappa shape index (κ3) is 3.45. The van der Waals surface area contributed by atoms with Gasteiger partial charge in [-0.05, 0) is 54.3 Å². The van der Waals surface area contributed by atoms with Gasteiger partial charge in [0.15, 0.2) is 0 Å². The Hall–Kier alpha value is -1.13. The van der Waals surface area contributed by atoms with Crippen LogP contribution in [0.5, 0.6) is 0 Å². The van der Waals surface area contributed by atoms with Crippen LogP contribution in [0.25, 0.3) is 0 Å². The number of halogens is 2. The van der Waals surface area contributed by atoms with E-state index < -0.39 is 0 Å². The first kappa shape index (κ1) is 14.3. The summed E-state index contributed by atoms with van der Waals surface area (Å²) >= 11 is 12.2. The van der Waals surface area contributed by atoms with Crippen LogP contribution >= 0.6 is 23.2 Å². The number of nitrogens with one attached hydrogen (secondary N) is 1. The van der Waals surface area contributed by atoms with Crippen LogP contribution in [0.4, 0.5) is 0 Å². The standard InChI is InChI=1S/C14H15Cl2N3/c1-9-8-18-5-4-12(9)14(19-17)7-10-6-11(15)2-3-13(10)16/h2-6,8,14,19H,7,17H2,1H3. The number of aromatic nitrogens is 1. The SMILES string of the molecule is Cc1cnccc1C(Cc1cc(Cl)ccc1Cl)NN. The molecule has 0 saturated heterocycles. The van der Waals surface area contributed by atoms with Gasteiger partial charge in [-0.2, -0.15) is 0 Å². The van der Waals surface area contributed by atoms with Crippen LogP contribution in [0, 0.1) is 6.92 Å². The Labute approximate surface area is 122 Å². The first-order valence-electron chi connectivity index (χ1n) is 5.92. The minimum absolute atomic E-state index is 0.0287. The Morgan fingerprint density at radius 1 is 1.32 bits per heavy atom. The van der Waals surface area contributed by atoms with E-state index in [0.717, 1.165) is 16.7 Å². The van der Waals surface area contributed by atoms with Crippen molar-refractivity contribution in [1.82, 2.24) is 10.4 Å². The average Bonchev–Trinajstić information content (AvgIpc) is 2.41. The molecule has 0 radical (unpaired) electrons. The van der Waals surface area contributed by atoms with E-state index in [1.54, 1.807) is 18.3 Å². The predicted molar refractivity (Wildman–Crippen MR) is 79.2 cm³/mol. The third-order valence-corrected chi connectivity index (χ3v) is 3.68. The maximum Gasteiger partial charge on any atom is 0.0504 e. The van der Waals surface area contributed by atoms with Crippen molar-refractivity contribution in [3.05, 3.63) is 63.4 Å². The summed E-state index contributed by atoms with van der Waals surface area (Å²) in [6, 6.07) is 7.37. The predicted octanol–water partition coefficient (Wildman–Crippen LogP) is 3.44. The summed E-state index contributed by atoms with van der Waals surface area (Å²) < 4.78 is 0. The van der Waals surface area contributed by atoms with Gasteiger partial charge in [0.25, 0.3) is 0 Å². The van der Waals surface area contributed by atoms with Crippen LogP contribution in [-0.4, -0.2) is 4.98 Å². The normalized spacial score (nSPS) is 12.4. The molecule has 1 unspecified atom stereocenters. The molecule has 3 nitrogen and oxygen atoms in total. The number of aryl methyl sites for hydroxylation is 1. The monoisotopic (exact) mass is 295 g/mol. The first-order valence-corrected chi connectivity index (χ1v) is 6.68.